The van der Waals surface area contributed by atoms with Crippen LogP contribution in [0.5, 0.6) is 0 Å². The number of halogens is 1. The second-order valence-electron chi connectivity index (χ2n) is 4.12. The minimum atomic E-state index is -3.52. The van der Waals surface area contributed by atoms with Crippen LogP contribution >= 0.6 is 15.9 Å². The van der Waals surface area contributed by atoms with Crippen molar-refractivity contribution in [3.05, 3.63) is 34.8 Å². The zero-order valence-electron chi connectivity index (χ0n) is 10.5. The Balaban J connectivity index is 1.92. The first-order valence-electron chi connectivity index (χ1n) is 5.88. The summed E-state index contributed by atoms with van der Waals surface area (Å²) in [4.78, 5) is 4.14. The van der Waals surface area contributed by atoms with Crippen molar-refractivity contribution in [2.45, 2.75) is 17.7 Å². The Kier molecular flexibility index (Phi) is 4.73. The molecule has 2 aromatic rings. The Morgan fingerprint density at radius 3 is 2.85 bits per heavy atom. The van der Waals surface area contributed by atoms with Crippen LogP contribution in [0.3, 0.4) is 0 Å². The molecule has 108 valence electrons. The first-order chi connectivity index (χ1) is 9.49. The predicted molar refractivity (Wildman–Crippen MR) is 78.4 cm³/mol. The highest BCUT2D eigenvalue weighted by Gasteiger charge is 2.14. The maximum atomic E-state index is 12.0. The third-order valence-electron chi connectivity index (χ3n) is 2.63. The molecule has 0 fully saturated rings. The zero-order valence-corrected chi connectivity index (χ0v) is 12.9. The molecule has 0 spiro atoms. The highest BCUT2D eigenvalue weighted by Crippen LogP contribution is 2.22. The average molecular weight is 360 g/mol. The molecule has 0 aliphatic heterocycles. The molecule has 1 heterocycles. The Labute approximate surface area is 125 Å². The summed E-state index contributed by atoms with van der Waals surface area (Å²) < 4.78 is 27.2. The van der Waals surface area contributed by atoms with Crippen LogP contribution in [0.1, 0.15) is 12.2 Å². The number of hydrogen-bond acceptors (Lipinski definition) is 5. The largest absolute Gasteiger partial charge is 0.398 e. The minimum absolute atomic E-state index is 0.179. The highest BCUT2D eigenvalue weighted by atomic mass is 79.9. The summed E-state index contributed by atoms with van der Waals surface area (Å²) in [5, 5.41) is 6.45. The van der Waals surface area contributed by atoms with Crippen LogP contribution in [0.25, 0.3) is 0 Å². The van der Waals surface area contributed by atoms with Crippen molar-refractivity contribution in [3.63, 3.8) is 0 Å². The van der Waals surface area contributed by atoms with Gasteiger partial charge in [-0.05, 0) is 40.5 Å². The van der Waals surface area contributed by atoms with Crippen LogP contribution in [0.15, 0.2) is 33.9 Å². The van der Waals surface area contributed by atoms with Crippen molar-refractivity contribution >= 4 is 31.6 Å². The molecule has 0 amide bonds. The van der Waals surface area contributed by atoms with Gasteiger partial charge < -0.3 is 5.73 Å². The Bertz CT molecular complexity index is 672. The van der Waals surface area contributed by atoms with Gasteiger partial charge in [0.1, 0.15) is 12.2 Å². The van der Waals surface area contributed by atoms with E-state index in [1.807, 2.05) is 0 Å². The molecule has 0 radical (unpaired) electrons. The third-order valence-corrected chi connectivity index (χ3v) is 4.78. The van der Waals surface area contributed by atoms with Crippen LogP contribution in [0.4, 0.5) is 5.69 Å². The maximum Gasteiger partial charge on any atom is 0.240 e. The average Bonchev–Trinajstić information content (AvgIpc) is 2.91. The third kappa shape index (κ3) is 3.78. The summed E-state index contributed by atoms with van der Waals surface area (Å²) in [7, 11) is -3.52. The van der Waals surface area contributed by atoms with E-state index in [4.69, 9.17) is 5.73 Å². The van der Waals surface area contributed by atoms with Gasteiger partial charge in [-0.15, -0.1) is 0 Å². The Morgan fingerprint density at radius 2 is 2.20 bits per heavy atom. The molecule has 0 saturated carbocycles. The summed E-state index contributed by atoms with van der Waals surface area (Å²) in [6.45, 7) is 0.324. The normalized spacial score (nSPS) is 11.7. The number of benzene rings is 1. The molecule has 1 aromatic carbocycles. The van der Waals surface area contributed by atoms with Gasteiger partial charge in [0, 0.05) is 23.1 Å². The van der Waals surface area contributed by atoms with Crippen molar-refractivity contribution in [1.29, 1.82) is 0 Å². The van der Waals surface area contributed by atoms with Gasteiger partial charge in [0.2, 0.25) is 10.0 Å². The lowest BCUT2D eigenvalue weighted by Crippen LogP contribution is -2.25. The van der Waals surface area contributed by atoms with E-state index in [9.17, 15) is 8.42 Å². The number of aryl methyl sites for hydroxylation is 1. The highest BCUT2D eigenvalue weighted by molar-refractivity contribution is 9.10. The molecule has 9 heteroatoms. The number of nitrogens with two attached hydrogens (primary N) is 1. The second kappa shape index (κ2) is 6.33. The molecule has 0 saturated heterocycles. The predicted octanol–water partition coefficient (Wildman–Crippen LogP) is 1.06. The first kappa shape index (κ1) is 14.9. The molecule has 4 N–H and O–H groups in total. The first-order valence-corrected chi connectivity index (χ1v) is 8.15. The quantitative estimate of drug-likeness (QED) is 0.527. The number of hydrogen-bond donors (Lipinski definition) is 3. The van der Waals surface area contributed by atoms with Crippen LogP contribution in [-0.4, -0.2) is 30.1 Å². The van der Waals surface area contributed by atoms with Crippen LogP contribution in [0, 0.1) is 0 Å². The van der Waals surface area contributed by atoms with Crippen LogP contribution in [-0.2, 0) is 16.4 Å². The van der Waals surface area contributed by atoms with Gasteiger partial charge in [0.05, 0.1) is 4.90 Å². The summed E-state index contributed by atoms with van der Waals surface area (Å²) in [6, 6.07) is 4.50. The van der Waals surface area contributed by atoms with E-state index in [2.05, 4.69) is 35.8 Å². The number of aromatic nitrogens is 3. The number of rotatable bonds is 6. The molecule has 0 bridgehead atoms. The summed E-state index contributed by atoms with van der Waals surface area (Å²) in [5.41, 5.74) is 6.12. The molecule has 1 aromatic heterocycles. The number of sulfonamides is 1. The van der Waals surface area contributed by atoms with Gasteiger partial charge in [-0.1, -0.05) is 0 Å². The Hall–Kier alpha value is -1.45. The lowest BCUT2D eigenvalue weighted by Gasteiger charge is -2.07. The number of anilines is 1. The standard InChI is InChI=1S/C11H14BrN5O2S/c12-9-6-8(3-4-10(9)13)20(18,19)16-5-1-2-11-14-7-15-17-11/h3-4,6-7,16H,1-2,5,13H2,(H,14,15,17). The van der Waals surface area contributed by atoms with Gasteiger partial charge in [-0.2, -0.15) is 5.10 Å². The van der Waals surface area contributed by atoms with Gasteiger partial charge >= 0.3 is 0 Å². The monoisotopic (exact) mass is 359 g/mol. The topological polar surface area (TPSA) is 114 Å². The van der Waals surface area contributed by atoms with Crippen LogP contribution in [0.2, 0.25) is 0 Å². The van der Waals surface area contributed by atoms with Crippen molar-refractivity contribution in [3.8, 4) is 0 Å². The summed E-state index contributed by atoms with van der Waals surface area (Å²) in [6.07, 6.45) is 2.68. The molecule has 20 heavy (non-hydrogen) atoms. The van der Waals surface area contributed by atoms with E-state index in [-0.39, 0.29) is 4.90 Å². The van der Waals surface area contributed by atoms with Crippen LogP contribution < -0.4 is 10.5 Å². The molecule has 0 atom stereocenters. The lowest BCUT2D eigenvalue weighted by atomic mass is 10.3. The van der Waals surface area contributed by atoms with E-state index in [0.717, 1.165) is 5.82 Å². The fraction of sp³-hybridized carbons (Fsp3) is 0.273. The number of nitrogen functional groups attached to an aromatic ring is 1. The van der Waals surface area contributed by atoms with E-state index in [1.165, 1.54) is 18.5 Å². The molecular formula is C11H14BrN5O2S. The van der Waals surface area contributed by atoms with E-state index in [0.29, 0.717) is 29.5 Å². The molecule has 0 aliphatic rings. The minimum Gasteiger partial charge on any atom is -0.398 e. The SMILES string of the molecule is Nc1ccc(S(=O)(=O)NCCCc2ncn[nH]2)cc1Br. The molecule has 7 nitrogen and oxygen atoms in total. The smallest absolute Gasteiger partial charge is 0.240 e. The van der Waals surface area contributed by atoms with Gasteiger partial charge in [-0.25, -0.2) is 18.1 Å². The number of nitrogens with one attached hydrogen (secondary N) is 2. The van der Waals surface area contributed by atoms with E-state index in [1.54, 1.807) is 6.07 Å². The van der Waals surface area contributed by atoms with E-state index < -0.39 is 10.0 Å². The molecule has 2 rings (SSSR count). The molecular weight excluding hydrogens is 346 g/mol. The van der Waals surface area contributed by atoms with Gasteiger partial charge in [0.25, 0.3) is 0 Å². The molecule has 0 aliphatic carbocycles. The lowest BCUT2D eigenvalue weighted by molar-refractivity contribution is 0.578. The maximum absolute atomic E-state index is 12.0. The van der Waals surface area contributed by atoms with Crippen molar-refractivity contribution in [2.75, 3.05) is 12.3 Å². The summed E-state index contributed by atoms with van der Waals surface area (Å²) >= 11 is 3.21. The number of H-pyrrole nitrogens is 1. The number of aromatic amines is 1. The number of nitrogens with zero attached hydrogens (tertiary/aromatic N) is 2. The van der Waals surface area contributed by atoms with E-state index >= 15 is 0 Å². The summed E-state index contributed by atoms with van der Waals surface area (Å²) in [5.74, 6) is 0.736. The second-order valence-corrected chi connectivity index (χ2v) is 6.74. The molecule has 0 unspecified atom stereocenters. The van der Waals surface area contributed by atoms with Crippen molar-refractivity contribution in [1.82, 2.24) is 19.9 Å². The zero-order chi connectivity index (χ0) is 14.6. The fourth-order valence-electron chi connectivity index (χ4n) is 1.57. The Morgan fingerprint density at radius 1 is 1.40 bits per heavy atom. The van der Waals surface area contributed by atoms with Crippen molar-refractivity contribution in [2.24, 2.45) is 0 Å². The van der Waals surface area contributed by atoms with Crippen molar-refractivity contribution < 1.29 is 8.42 Å². The van der Waals surface area contributed by atoms with Gasteiger partial charge in [0.15, 0.2) is 0 Å². The van der Waals surface area contributed by atoms with Gasteiger partial charge in [-0.3, -0.25) is 5.10 Å². The fourth-order valence-corrected chi connectivity index (χ4v) is 3.20.